The Balaban J connectivity index is 2.53. The Kier molecular flexibility index (Phi) is 5.01. The van der Waals surface area contributed by atoms with Gasteiger partial charge in [0.15, 0.2) is 0 Å². The molecule has 0 bridgehead atoms. The van der Waals surface area contributed by atoms with E-state index in [1.807, 2.05) is 6.92 Å². The average molecular weight is 216 g/mol. The van der Waals surface area contributed by atoms with E-state index in [0.717, 1.165) is 13.0 Å². The van der Waals surface area contributed by atoms with Crippen LogP contribution in [0.4, 0.5) is 0 Å². The van der Waals surface area contributed by atoms with E-state index in [-0.39, 0.29) is 5.92 Å². The zero-order valence-electron chi connectivity index (χ0n) is 10.3. The van der Waals surface area contributed by atoms with Crippen LogP contribution in [-0.2, 0) is 6.42 Å². The first-order valence-electron chi connectivity index (χ1n) is 5.89. The van der Waals surface area contributed by atoms with Gasteiger partial charge >= 0.3 is 0 Å². The van der Waals surface area contributed by atoms with Crippen LogP contribution in [-0.4, -0.2) is 6.54 Å². The quantitative estimate of drug-likeness (QED) is 0.821. The molecule has 16 heavy (non-hydrogen) atoms. The Morgan fingerprint density at radius 2 is 1.88 bits per heavy atom. The number of aryl methyl sites for hydroxylation is 1. The van der Waals surface area contributed by atoms with Gasteiger partial charge in [-0.3, -0.25) is 0 Å². The van der Waals surface area contributed by atoms with E-state index >= 15 is 0 Å². The van der Waals surface area contributed by atoms with Gasteiger partial charge in [0.05, 0.1) is 12.0 Å². The number of rotatable bonds is 5. The average Bonchev–Trinajstić information content (AvgIpc) is 2.35. The maximum absolute atomic E-state index is 8.70. The van der Waals surface area contributed by atoms with Crippen LogP contribution in [0.2, 0.25) is 0 Å². The molecule has 2 unspecified atom stereocenters. The SMILES string of the molecule is CCc1ccc(C(C)NCC(C)C#N)cc1. The number of nitriles is 1. The molecule has 0 aliphatic heterocycles. The van der Waals surface area contributed by atoms with Crippen LogP contribution in [0.25, 0.3) is 0 Å². The first kappa shape index (κ1) is 12.7. The summed E-state index contributed by atoms with van der Waals surface area (Å²) in [5.74, 6) is 0.0670. The summed E-state index contributed by atoms with van der Waals surface area (Å²) in [6.45, 7) is 6.96. The molecule has 2 heteroatoms. The largest absolute Gasteiger partial charge is 0.309 e. The van der Waals surface area contributed by atoms with Crippen molar-refractivity contribution in [1.29, 1.82) is 5.26 Å². The maximum Gasteiger partial charge on any atom is 0.0666 e. The molecular weight excluding hydrogens is 196 g/mol. The summed E-state index contributed by atoms with van der Waals surface area (Å²) in [6, 6.07) is 11.2. The van der Waals surface area contributed by atoms with E-state index in [4.69, 9.17) is 5.26 Å². The lowest BCUT2D eigenvalue weighted by Gasteiger charge is -2.15. The Morgan fingerprint density at radius 1 is 1.25 bits per heavy atom. The number of hydrogen-bond acceptors (Lipinski definition) is 2. The predicted molar refractivity (Wildman–Crippen MR) is 67.0 cm³/mol. The summed E-state index contributed by atoms with van der Waals surface area (Å²) in [7, 11) is 0. The van der Waals surface area contributed by atoms with Gasteiger partial charge in [-0.2, -0.15) is 5.26 Å². The molecule has 1 aromatic carbocycles. The highest BCUT2D eigenvalue weighted by Gasteiger charge is 2.06. The van der Waals surface area contributed by atoms with E-state index in [0.29, 0.717) is 6.04 Å². The predicted octanol–water partition coefficient (Wildman–Crippen LogP) is 3.06. The van der Waals surface area contributed by atoms with Gasteiger partial charge < -0.3 is 5.32 Å². The van der Waals surface area contributed by atoms with Crippen LogP contribution < -0.4 is 5.32 Å². The van der Waals surface area contributed by atoms with Crippen LogP contribution in [0.15, 0.2) is 24.3 Å². The second-order valence-corrected chi connectivity index (χ2v) is 4.26. The normalized spacial score (nSPS) is 14.1. The highest BCUT2D eigenvalue weighted by atomic mass is 14.9. The molecule has 1 aromatic rings. The van der Waals surface area contributed by atoms with Crippen molar-refractivity contribution >= 4 is 0 Å². The minimum Gasteiger partial charge on any atom is -0.309 e. The zero-order valence-corrected chi connectivity index (χ0v) is 10.3. The highest BCUT2D eigenvalue weighted by Crippen LogP contribution is 2.13. The zero-order chi connectivity index (χ0) is 12.0. The molecule has 0 saturated heterocycles. The van der Waals surface area contributed by atoms with Gasteiger partial charge in [0.2, 0.25) is 0 Å². The number of nitrogens with zero attached hydrogens (tertiary/aromatic N) is 1. The van der Waals surface area contributed by atoms with E-state index in [1.54, 1.807) is 0 Å². The van der Waals surface area contributed by atoms with Crippen LogP contribution in [0.3, 0.4) is 0 Å². The van der Waals surface area contributed by atoms with Crippen molar-refractivity contribution in [3.63, 3.8) is 0 Å². The lowest BCUT2D eigenvalue weighted by Crippen LogP contribution is -2.23. The van der Waals surface area contributed by atoms with E-state index in [9.17, 15) is 0 Å². The van der Waals surface area contributed by atoms with Gasteiger partial charge in [0.25, 0.3) is 0 Å². The first-order valence-corrected chi connectivity index (χ1v) is 5.89. The van der Waals surface area contributed by atoms with Gasteiger partial charge in [-0.15, -0.1) is 0 Å². The molecule has 2 nitrogen and oxygen atoms in total. The van der Waals surface area contributed by atoms with Crippen LogP contribution in [0, 0.1) is 17.2 Å². The minimum atomic E-state index is 0.0670. The Labute approximate surface area is 98.3 Å². The molecule has 0 aromatic heterocycles. The number of benzene rings is 1. The molecule has 0 radical (unpaired) electrons. The standard InChI is InChI=1S/C14H20N2/c1-4-13-5-7-14(8-6-13)12(3)16-10-11(2)9-15/h5-8,11-12,16H,4,10H2,1-3H3. The van der Waals surface area contributed by atoms with Gasteiger partial charge in [-0.05, 0) is 31.4 Å². The maximum atomic E-state index is 8.70. The van der Waals surface area contributed by atoms with Crippen molar-refractivity contribution in [2.75, 3.05) is 6.54 Å². The summed E-state index contributed by atoms with van der Waals surface area (Å²) >= 11 is 0. The summed E-state index contributed by atoms with van der Waals surface area (Å²) in [5, 5.41) is 12.1. The monoisotopic (exact) mass is 216 g/mol. The fourth-order valence-electron chi connectivity index (χ4n) is 1.56. The topological polar surface area (TPSA) is 35.8 Å². The van der Waals surface area contributed by atoms with Crippen LogP contribution in [0.1, 0.15) is 37.9 Å². The minimum absolute atomic E-state index is 0.0670. The Morgan fingerprint density at radius 3 is 2.38 bits per heavy atom. The molecule has 0 fully saturated rings. The van der Waals surface area contributed by atoms with Gasteiger partial charge in [-0.25, -0.2) is 0 Å². The summed E-state index contributed by atoms with van der Waals surface area (Å²) in [4.78, 5) is 0. The smallest absolute Gasteiger partial charge is 0.0666 e. The van der Waals surface area contributed by atoms with Crippen LogP contribution >= 0.6 is 0 Å². The molecular formula is C14H20N2. The van der Waals surface area contributed by atoms with Crippen molar-refractivity contribution in [1.82, 2.24) is 5.32 Å². The third-order valence-corrected chi connectivity index (χ3v) is 2.84. The lowest BCUT2D eigenvalue weighted by molar-refractivity contribution is 0.528. The molecule has 0 spiro atoms. The summed E-state index contributed by atoms with van der Waals surface area (Å²) in [5.41, 5.74) is 2.64. The molecule has 0 aliphatic rings. The first-order chi connectivity index (χ1) is 7.67. The third-order valence-electron chi connectivity index (χ3n) is 2.84. The molecule has 0 saturated carbocycles. The number of nitrogens with one attached hydrogen (secondary N) is 1. The molecule has 1 rings (SSSR count). The molecule has 0 aliphatic carbocycles. The fraction of sp³-hybridized carbons (Fsp3) is 0.500. The lowest BCUT2D eigenvalue weighted by atomic mass is 10.0. The van der Waals surface area contributed by atoms with Crippen LogP contribution in [0.5, 0.6) is 0 Å². The van der Waals surface area contributed by atoms with Gasteiger partial charge in [0.1, 0.15) is 0 Å². The summed E-state index contributed by atoms with van der Waals surface area (Å²) < 4.78 is 0. The third kappa shape index (κ3) is 3.67. The molecule has 1 N–H and O–H groups in total. The molecule has 2 atom stereocenters. The molecule has 0 amide bonds. The highest BCUT2D eigenvalue weighted by molar-refractivity contribution is 5.24. The Bertz CT molecular complexity index is 348. The number of hydrogen-bond donors (Lipinski definition) is 1. The summed E-state index contributed by atoms with van der Waals surface area (Å²) in [6.07, 6.45) is 1.08. The van der Waals surface area contributed by atoms with Crippen molar-refractivity contribution in [2.24, 2.45) is 5.92 Å². The second kappa shape index (κ2) is 6.30. The van der Waals surface area contributed by atoms with Crippen molar-refractivity contribution < 1.29 is 0 Å². The fourth-order valence-corrected chi connectivity index (χ4v) is 1.56. The van der Waals surface area contributed by atoms with Crippen molar-refractivity contribution in [3.05, 3.63) is 35.4 Å². The second-order valence-electron chi connectivity index (χ2n) is 4.26. The van der Waals surface area contributed by atoms with E-state index in [1.165, 1.54) is 11.1 Å². The van der Waals surface area contributed by atoms with E-state index < -0.39 is 0 Å². The Hall–Kier alpha value is -1.33. The van der Waals surface area contributed by atoms with Gasteiger partial charge in [-0.1, -0.05) is 31.2 Å². The van der Waals surface area contributed by atoms with Crippen molar-refractivity contribution in [3.8, 4) is 6.07 Å². The van der Waals surface area contributed by atoms with Gasteiger partial charge in [0, 0.05) is 12.6 Å². The van der Waals surface area contributed by atoms with E-state index in [2.05, 4.69) is 49.5 Å². The molecule has 0 heterocycles. The molecule has 86 valence electrons. The van der Waals surface area contributed by atoms with Crippen molar-refractivity contribution in [2.45, 2.75) is 33.2 Å².